The molecule has 0 bridgehead atoms. The number of thiophene rings is 1. The zero-order chi connectivity index (χ0) is 24.9. The predicted octanol–water partition coefficient (Wildman–Crippen LogP) is 6.49. The number of benzene rings is 1. The van der Waals surface area contributed by atoms with Gasteiger partial charge in [-0.15, -0.1) is 11.3 Å². The molecule has 0 unspecified atom stereocenters. The van der Waals surface area contributed by atoms with Crippen LogP contribution in [0.2, 0.25) is 0 Å². The van der Waals surface area contributed by atoms with Crippen molar-refractivity contribution in [2.45, 2.75) is 65.1 Å². The molecule has 0 fully saturated rings. The van der Waals surface area contributed by atoms with Crippen molar-refractivity contribution < 1.29 is 14.6 Å². The minimum atomic E-state index is -1.13. The predicted molar refractivity (Wildman–Crippen MR) is 140 cm³/mol. The first-order valence-corrected chi connectivity index (χ1v) is 12.9. The Morgan fingerprint density at radius 2 is 1.94 bits per heavy atom. The van der Waals surface area contributed by atoms with Crippen molar-refractivity contribution in [2.75, 3.05) is 0 Å². The van der Waals surface area contributed by atoms with E-state index in [0.29, 0.717) is 11.3 Å². The lowest BCUT2D eigenvalue weighted by Crippen LogP contribution is -2.28. The van der Waals surface area contributed by atoms with Gasteiger partial charge < -0.3 is 14.4 Å². The number of ether oxygens (including phenoxy) is 1. The van der Waals surface area contributed by atoms with E-state index in [1.807, 2.05) is 57.6 Å². The number of aliphatic carboxylic acids is 1. The number of hydrogen-bond donors (Lipinski definition) is 1. The van der Waals surface area contributed by atoms with Gasteiger partial charge in [-0.2, -0.15) is 0 Å². The first-order chi connectivity index (χ1) is 16.6. The SMILES string of the molecule is Cc1nc2sc3c(c2c(-c2cccc(-c4nccn4C)c2)c1[C@H](OC(C)(C)C)C(=O)O)CCCC3. The highest BCUT2D eigenvalue weighted by atomic mass is 32.1. The fraction of sp³-hybridized carbons (Fsp3) is 0.393. The van der Waals surface area contributed by atoms with Crippen LogP contribution in [0.25, 0.3) is 32.7 Å². The fourth-order valence-corrected chi connectivity index (χ4v) is 6.40. The molecule has 1 aromatic carbocycles. The van der Waals surface area contributed by atoms with Crippen LogP contribution in [0.3, 0.4) is 0 Å². The summed E-state index contributed by atoms with van der Waals surface area (Å²) in [6, 6.07) is 8.24. The molecule has 7 heteroatoms. The van der Waals surface area contributed by atoms with Gasteiger partial charge in [-0.25, -0.2) is 14.8 Å². The number of carboxylic acids is 1. The van der Waals surface area contributed by atoms with Crippen LogP contribution in [0.15, 0.2) is 36.7 Å². The van der Waals surface area contributed by atoms with Gasteiger partial charge in [0.05, 0.1) is 5.60 Å². The van der Waals surface area contributed by atoms with Crippen LogP contribution in [-0.2, 0) is 29.4 Å². The quantitative estimate of drug-likeness (QED) is 0.347. The molecule has 1 N–H and O–H groups in total. The molecular formula is C28H31N3O3S. The van der Waals surface area contributed by atoms with Crippen molar-refractivity contribution in [1.82, 2.24) is 14.5 Å². The Balaban J connectivity index is 1.84. The van der Waals surface area contributed by atoms with Gasteiger partial charge in [0, 0.05) is 52.1 Å². The molecule has 3 heterocycles. The van der Waals surface area contributed by atoms with Gasteiger partial charge in [-0.05, 0) is 70.6 Å². The number of fused-ring (bicyclic) bond motifs is 3. The lowest BCUT2D eigenvalue weighted by molar-refractivity contribution is -0.160. The molecule has 1 aliphatic carbocycles. The van der Waals surface area contributed by atoms with E-state index in [-0.39, 0.29) is 0 Å². The van der Waals surface area contributed by atoms with Crippen LogP contribution in [-0.4, -0.2) is 31.2 Å². The van der Waals surface area contributed by atoms with Crippen molar-refractivity contribution in [1.29, 1.82) is 0 Å². The van der Waals surface area contributed by atoms with E-state index in [2.05, 4.69) is 17.1 Å². The molecule has 5 rings (SSSR count). The third kappa shape index (κ3) is 4.39. The second-order valence-electron chi connectivity index (χ2n) is 10.3. The lowest BCUT2D eigenvalue weighted by Gasteiger charge is -2.28. The molecule has 0 saturated heterocycles. The Kier molecular flexibility index (Phi) is 6.01. The second kappa shape index (κ2) is 8.88. The summed E-state index contributed by atoms with van der Waals surface area (Å²) in [5.74, 6) is -0.140. The highest BCUT2D eigenvalue weighted by Crippen LogP contribution is 2.46. The molecule has 1 aliphatic rings. The first-order valence-electron chi connectivity index (χ1n) is 12.1. The zero-order valence-electron chi connectivity index (χ0n) is 20.9. The molecule has 0 radical (unpaired) electrons. The highest BCUT2D eigenvalue weighted by Gasteiger charge is 2.34. The van der Waals surface area contributed by atoms with E-state index in [9.17, 15) is 9.90 Å². The van der Waals surface area contributed by atoms with Crippen molar-refractivity contribution in [3.8, 4) is 22.5 Å². The number of pyridine rings is 1. The molecular weight excluding hydrogens is 458 g/mol. The standard InChI is InChI=1S/C28H31N3O3S/c1-16-21(24(27(32)33)34-28(2,3)4)22(23-19-11-6-7-12-20(19)35-26(23)30-16)17-9-8-10-18(15-17)25-29-13-14-31(25)5/h8-10,13-15,24H,6-7,11-12H2,1-5H3,(H,32,33)/t24-/m0/s1. The second-order valence-corrected chi connectivity index (χ2v) is 11.4. The van der Waals surface area contributed by atoms with E-state index in [1.54, 1.807) is 17.5 Å². The van der Waals surface area contributed by atoms with Crippen LogP contribution in [0, 0.1) is 6.92 Å². The molecule has 182 valence electrons. The number of rotatable bonds is 5. The third-order valence-electron chi connectivity index (χ3n) is 6.52. The Morgan fingerprint density at radius 3 is 2.63 bits per heavy atom. The van der Waals surface area contributed by atoms with Crippen molar-refractivity contribution >= 4 is 27.5 Å². The summed E-state index contributed by atoms with van der Waals surface area (Å²) in [5, 5.41) is 11.4. The van der Waals surface area contributed by atoms with E-state index < -0.39 is 17.7 Å². The largest absolute Gasteiger partial charge is 0.479 e. The summed E-state index contributed by atoms with van der Waals surface area (Å²) in [7, 11) is 1.97. The summed E-state index contributed by atoms with van der Waals surface area (Å²) in [5.41, 5.74) is 4.90. The molecule has 35 heavy (non-hydrogen) atoms. The normalized spacial score (nSPS) is 14.8. The Morgan fingerprint density at radius 1 is 1.20 bits per heavy atom. The van der Waals surface area contributed by atoms with Crippen molar-refractivity contribution in [2.24, 2.45) is 7.05 Å². The van der Waals surface area contributed by atoms with E-state index in [0.717, 1.165) is 52.0 Å². The van der Waals surface area contributed by atoms with Crippen molar-refractivity contribution in [3.05, 3.63) is 58.4 Å². The Hall–Kier alpha value is -3.03. The maximum Gasteiger partial charge on any atom is 0.337 e. The zero-order valence-corrected chi connectivity index (χ0v) is 21.7. The van der Waals surface area contributed by atoms with Gasteiger partial charge in [-0.1, -0.05) is 18.2 Å². The van der Waals surface area contributed by atoms with Crippen LogP contribution in [0.5, 0.6) is 0 Å². The maximum absolute atomic E-state index is 12.6. The van der Waals surface area contributed by atoms with E-state index in [1.165, 1.54) is 16.9 Å². The van der Waals surface area contributed by atoms with E-state index in [4.69, 9.17) is 9.72 Å². The fourth-order valence-electron chi connectivity index (χ4n) is 5.08. The van der Waals surface area contributed by atoms with Gasteiger partial charge >= 0.3 is 5.97 Å². The minimum Gasteiger partial charge on any atom is -0.479 e. The summed E-state index contributed by atoms with van der Waals surface area (Å²) < 4.78 is 8.16. The number of carboxylic acid groups (broad SMARTS) is 1. The monoisotopic (exact) mass is 489 g/mol. The summed E-state index contributed by atoms with van der Waals surface area (Å²) >= 11 is 1.75. The van der Waals surface area contributed by atoms with Gasteiger partial charge in [0.25, 0.3) is 0 Å². The molecule has 0 amide bonds. The number of imidazole rings is 1. The summed E-state index contributed by atoms with van der Waals surface area (Å²) in [6.07, 6.45) is 6.94. The first kappa shape index (κ1) is 23.7. The molecule has 4 aromatic rings. The summed E-state index contributed by atoms with van der Waals surface area (Å²) in [6.45, 7) is 7.57. The average molecular weight is 490 g/mol. The topological polar surface area (TPSA) is 77.2 Å². The third-order valence-corrected chi connectivity index (χ3v) is 7.71. The number of nitrogens with zero attached hydrogens (tertiary/aromatic N) is 3. The van der Waals surface area contributed by atoms with Crippen LogP contribution in [0.1, 0.15) is 61.4 Å². The smallest absolute Gasteiger partial charge is 0.337 e. The maximum atomic E-state index is 12.6. The molecule has 6 nitrogen and oxygen atoms in total. The number of aromatic nitrogens is 3. The Bertz CT molecular complexity index is 1430. The van der Waals surface area contributed by atoms with Crippen LogP contribution >= 0.6 is 11.3 Å². The Labute approximate surface area is 209 Å². The molecule has 0 aliphatic heterocycles. The van der Waals surface area contributed by atoms with Crippen LogP contribution < -0.4 is 0 Å². The minimum absolute atomic E-state index is 0.634. The van der Waals surface area contributed by atoms with Gasteiger partial charge in [0.15, 0.2) is 6.10 Å². The molecule has 3 aromatic heterocycles. The number of carbonyl (C=O) groups is 1. The lowest BCUT2D eigenvalue weighted by atomic mass is 9.87. The average Bonchev–Trinajstić information content (AvgIpc) is 3.39. The van der Waals surface area contributed by atoms with Crippen molar-refractivity contribution in [3.63, 3.8) is 0 Å². The van der Waals surface area contributed by atoms with Gasteiger partial charge in [-0.3, -0.25) is 0 Å². The summed E-state index contributed by atoms with van der Waals surface area (Å²) in [4.78, 5) is 24.4. The van der Waals surface area contributed by atoms with Gasteiger partial charge in [0.2, 0.25) is 0 Å². The van der Waals surface area contributed by atoms with Gasteiger partial charge in [0.1, 0.15) is 10.7 Å². The number of hydrogen-bond acceptors (Lipinski definition) is 5. The highest BCUT2D eigenvalue weighted by molar-refractivity contribution is 7.19. The molecule has 1 atom stereocenters. The molecule has 0 spiro atoms. The molecule has 0 saturated carbocycles. The van der Waals surface area contributed by atoms with E-state index >= 15 is 0 Å². The van der Waals surface area contributed by atoms with Crippen LogP contribution in [0.4, 0.5) is 0 Å². The number of aryl methyl sites for hydroxylation is 4.